The van der Waals surface area contributed by atoms with Gasteiger partial charge in [0.2, 0.25) is 0 Å². The molecule has 0 aliphatic carbocycles. The Morgan fingerprint density at radius 2 is 2.00 bits per heavy atom. The summed E-state index contributed by atoms with van der Waals surface area (Å²) in [6.07, 6.45) is 4.76. The lowest BCUT2D eigenvalue weighted by molar-refractivity contribution is 0.163. The number of methoxy groups -OCH3 is 1. The fourth-order valence-corrected chi connectivity index (χ4v) is 3.45. The molecule has 4 heterocycles. The van der Waals surface area contributed by atoms with Gasteiger partial charge in [-0.05, 0) is 67.8 Å². The molecule has 0 radical (unpaired) electrons. The first-order chi connectivity index (χ1) is 10.8. The molecule has 0 atom stereocenters. The van der Waals surface area contributed by atoms with E-state index in [4.69, 9.17) is 9.26 Å². The Labute approximate surface area is 130 Å². The summed E-state index contributed by atoms with van der Waals surface area (Å²) in [6.45, 7) is 3.58. The van der Waals surface area contributed by atoms with Crippen LogP contribution in [0.4, 0.5) is 0 Å². The second-order valence-electron chi connectivity index (χ2n) is 6.11. The lowest BCUT2D eigenvalue weighted by Crippen LogP contribution is -2.42. The summed E-state index contributed by atoms with van der Waals surface area (Å²) in [7, 11) is 1.67. The normalized spacial score (nSPS) is 25.6. The Balaban J connectivity index is 1.56. The van der Waals surface area contributed by atoms with Crippen LogP contribution in [0, 0.1) is 5.92 Å². The van der Waals surface area contributed by atoms with Gasteiger partial charge >= 0.3 is 0 Å². The molecule has 1 aromatic heterocycles. The Kier molecular flexibility index (Phi) is 3.47. The van der Waals surface area contributed by atoms with Crippen molar-refractivity contribution in [1.82, 2.24) is 10.1 Å². The highest BCUT2D eigenvalue weighted by molar-refractivity contribution is 5.63. The molecular weight excluding hydrogens is 276 g/mol. The van der Waals surface area contributed by atoms with Crippen LogP contribution in [0.25, 0.3) is 17.3 Å². The first kappa shape index (κ1) is 13.6. The summed E-state index contributed by atoms with van der Waals surface area (Å²) in [6, 6.07) is 9.90. The molecule has 3 fully saturated rings. The molecule has 5 rings (SSSR count). The van der Waals surface area contributed by atoms with Crippen LogP contribution < -0.4 is 4.74 Å². The maximum Gasteiger partial charge on any atom is 0.160 e. The molecule has 4 nitrogen and oxygen atoms in total. The summed E-state index contributed by atoms with van der Waals surface area (Å²) in [5.41, 5.74) is 3.41. The first-order valence-corrected chi connectivity index (χ1v) is 7.86. The van der Waals surface area contributed by atoms with Crippen LogP contribution in [0.3, 0.4) is 0 Å². The highest BCUT2D eigenvalue weighted by Gasteiger charge is 2.29. The number of aromatic nitrogens is 1. The molecule has 1 aromatic carbocycles. The number of piperidine rings is 3. The topological polar surface area (TPSA) is 38.5 Å². The standard InChI is InChI=1S/C18H20N2O2/c1-21-16-4-2-14(3-5-16)18-11-17(22-19-18)10-15-12-20-8-6-13(15)7-9-20/h2-5,10-11,13H,6-9,12H2,1H3. The minimum atomic E-state index is 0.736. The molecule has 2 aromatic rings. The van der Waals surface area contributed by atoms with Crippen molar-refractivity contribution in [3.8, 4) is 17.0 Å². The molecule has 3 aliphatic heterocycles. The average Bonchev–Trinajstić information content (AvgIpc) is 3.04. The van der Waals surface area contributed by atoms with Gasteiger partial charge in [-0.25, -0.2) is 0 Å². The quantitative estimate of drug-likeness (QED) is 0.869. The third-order valence-corrected chi connectivity index (χ3v) is 4.76. The van der Waals surface area contributed by atoms with Crippen LogP contribution in [-0.2, 0) is 0 Å². The summed E-state index contributed by atoms with van der Waals surface area (Å²) in [5, 5.41) is 4.20. The molecule has 3 saturated heterocycles. The Bertz CT molecular complexity index is 679. The van der Waals surface area contributed by atoms with Crippen LogP contribution in [0.1, 0.15) is 18.6 Å². The first-order valence-electron chi connectivity index (χ1n) is 7.86. The molecule has 0 saturated carbocycles. The molecule has 0 spiro atoms. The average molecular weight is 296 g/mol. The Morgan fingerprint density at radius 3 is 2.64 bits per heavy atom. The second-order valence-corrected chi connectivity index (χ2v) is 6.11. The zero-order valence-electron chi connectivity index (χ0n) is 12.8. The van der Waals surface area contributed by atoms with E-state index in [1.807, 2.05) is 30.3 Å². The van der Waals surface area contributed by atoms with Crippen molar-refractivity contribution < 1.29 is 9.26 Å². The van der Waals surface area contributed by atoms with E-state index < -0.39 is 0 Å². The Hall–Kier alpha value is -2.07. The monoisotopic (exact) mass is 296 g/mol. The van der Waals surface area contributed by atoms with Crippen molar-refractivity contribution in [1.29, 1.82) is 0 Å². The predicted octanol–water partition coefficient (Wildman–Crippen LogP) is 3.46. The van der Waals surface area contributed by atoms with Crippen LogP contribution in [0.2, 0.25) is 0 Å². The van der Waals surface area contributed by atoms with E-state index in [0.29, 0.717) is 0 Å². The fourth-order valence-electron chi connectivity index (χ4n) is 3.45. The van der Waals surface area contributed by atoms with Gasteiger partial charge in [-0.1, -0.05) is 5.16 Å². The van der Waals surface area contributed by atoms with Crippen molar-refractivity contribution >= 4 is 6.08 Å². The highest BCUT2D eigenvalue weighted by Crippen LogP contribution is 2.33. The zero-order chi connectivity index (χ0) is 14.9. The van der Waals surface area contributed by atoms with Crippen LogP contribution in [-0.4, -0.2) is 36.8 Å². The van der Waals surface area contributed by atoms with Crippen molar-refractivity contribution in [3.05, 3.63) is 41.7 Å². The second kappa shape index (κ2) is 5.61. The van der Waals surface area contributed by atoms with Gasteiger partial charge < -0.3 is 9.26 Å². The summed E-state index contributed by atoms with van der Waals surface area (Å²) in [4.78, 5) is 2.52. The van der Waals surface area contributed by atoms with E-state index in [0.717, 1.165) is 35.2 Å². The van der Waals surface area contributed by atoms with Gasteiger partial charge in [0, 0.05) is 18.2 Å². The lowest BCUT2D eigenvalue weighted by Gasteiger charge is -2.40. The molecule has 22 heavy (non-hydrogen) atoms. The van der Waals surface area contributed by atoms with Crippen molar-refractivity contribution in [3.63, 3.8) is 0 Å². The highest BCUT2D eigenvalue weighted by atomic mass is 16.5. The van der Waals surface area contributed by atoms with Gasteiger partial charge in [-0.15, -0.1) is 0 Å². The summed E-state index contributed by atoms with van der Waals surface area (Å²) >= 11 is 0. The minimum Gasteiger partial charge on any atom is -0.497 e. The zero-order valence-corrected chi connectivity index (χ0v) is 12.8. The number of hydrogen-bond acceptors (Lipinski definition) is 4. The SMILES string of the molecule is COc1ccc(-c2cc(C=C3CN4CCC3CC4)on2)cc1. The summed E-state index contributed by atoms with van der Waals surface area (Å²) < 4.78 is 10.7. The van der Waals surface area contributed by atoms with Gasteiger partial charge in [0.25, 0.3) is 0 Å². The molecule has 4 heteroatoms. The maximum absolute atomic E-state index is 5.51. The molecule has 0 unspecified atom stereocenters. The molecule has 3 aliphatic rings. The van der Waals surface area contributed by atoms with E-state index in [9.17, 15) is 0 Å². The van der Waals surface area contributed by atoms with E-state index in [-0.39, 0.29) is 0 Å². The maximum atomic E-state index is 5.51. The van der Waals surface area contributed by atoms with Gasteiger partial charge in [-0.3, -0.25) is 4.90 Å². The van der Waals surface area contributed by atoms with Crippen LogP contribution in [0.5, 0.6) is 5.75 Å². The third kappa shape index (κ3) is 2.55. The van der Waals surface area contributed by atoms with E-state index in [1.165, 1.54) is 31.5 Å². The largest absolute Gasteiger partial charge is 0.497 e. The molecule has 0 amide bonds. The number of nitrogens with zero attached hydrogens (tertiary/aromatic N) is 2. The molecular formula is C18H20N2O2. The number of hydrogen-bond donors (Lipinski definition) is 0. The van der Waals surface area contributed by atoms with Crippen molar-refractivity contribution in [2.45, 2.75) is 12.8 Å². The van der Waals surface area contributed by atoms with Gasteiger partial charge in [-0.2, -0.15) is 0 Å². The van der Waals surface area contributed by atoms with Crippen LogP contribution in [0.15, 0.2) is 40.4 Å². The van der Waals surface area contributed by atoms with Crippen molar-refractivity contribution in [2.24, 2.45) is 5.92 Å². The molecule has 2 bridgehead atoms. The summed E-state index contributed by atoms with van der Waals surface area (Å²) in [5.74, 6) is 2.44. The smallest absolute Gasteiger partial charge is 0.160 e. The van der Waals surface area contributed by atoms with Gasteiger partial charge in [0.05, 0.1) is 7.11 Å². The number of fused-ring (bicyclic) bond motifs is 3. The minimum absolute atomic E-state index is 0.736. The van der Waals surface area contributed by atoms with E-state index in [1.54, 1.807) is 7.11 Å². The molecule has 114 valence electrons. The number of rotatable bonds is 3. The Morgan fingerprint density at radius 1 is 1.23 bits per heavy atom. The lowest BCUT2D eigenvalue weighted by atomic mass is 9.83. The fraction of sp³-hybridized carbons (Fsp3) is 0.389. The number of benzene rings is 1. The van der Waals surface area contributed by atoms with Gasteiger partial charge in [0.15, 0.2) is 5.76 Å². The van der Waals surface area contributed by atoms with Crippen molar-refractivity contribution in [2.75, 3.05) is 26.7 Å². The van der Waals surface area contributed by atoms with Crippen LogP contribution >= 0.6 is 0 Å². The van der Waals surface area contributed by atoms with E-state index in [2.05, 4.69) is 16.1 Å². The third-order valence-electron chi connectivity index (χ3n) is 4.76. The van der Waals surface area contributed by atoms with Gasteiger partial charge in [0.1, 0.15) is 11.4 Å². The number of ether oxygens (including phenoxy) is 1. The van der Waals surface area contributed by atoms with E-state index >= 15 is 0 Å². The predicted molar refractivity (Wildman–Crippen MR) is 85.6 cm³/mol. The molecule has 0 N–H and O–H groups in total.